The first-order valence-electron chi connectivity index (χ1n) is 7.43. The van der Waals surface area contributed by atoms with E-state index in [0.717, 1.165) is 0 Å². The minimum Gasteiger partial charge on any atom is -0.478 e. The van der Waals surface area contributed by atoms with Crippen molar-refractivity contribution in [1.82, 2.24) is 0 Å². The second-order valence-corrected chi connectivity index (χ2v) is 6.69. The van der Waals surface area contributed by atoms with Crippen molar-refractivity contribution in [3.63, 3.8) is 0 Å². The number of aliphatic carboxylic acids is 1. The molecule has 25 heavy (non-hydrogen) atoms. The van der Waals surface area contributed by atoms with E-state index in [2.05, 4.69) is 5.32 Å². The van der Waals surface area contributed by atoms with Gasteiger partial charge in [-0.15, -0.1) is 0 Å². The number of ether oxygens (including phenoxy) is 1. The predicted octanol–water partition coefficient (Wildman–Crippen LogP) is 4.53. The highest BCUT2D eigenvalue weighted by atomic mass is 35.5. The highest BCUT2D eigenvalue weighted by molar-refractivity contribution is 6.36. The minimum atomic E-state index is -1.32. The zero-order valence-electron chi connectivity index (χ0n) is 13.7. The van der Waals surface area contributed by atoms with Gasteiger partial charge in [-0.1, -0.05) is 23.2 Å². The molecule has 132 valence electrons. The lowest BCUT2D eigenvalue weighted by Crippen LogP contribution is -2.37. The Morgan fingerprint density at radius 1 is 1.12 bits per heavy atom. The van der Waals surface area contributed by atoms with Crippen LogP contribution in [0.1, 0.15) is 24.2 Å². The lowest BCUT2D eigenvalue weighted by molar-refractivity contribution is -0.152. The molecule has 0 fully saturated rings. The molecule has 0 aliphatic carbocycles. The first-order chi connectivity index (χ1) is 11.7. The number of anilines is 1. The Labute approximate surface area is 155 Å². The molecule has 0 aliphatic heterocycles. The van der Waals surface area contributed by atoms with E-state index in [0.29, 0.717) is 27.0 Å². The predicted molar refractivity (Wildman–Crippen MR) is 98.1 cm³/mol. The van der Waals surface area contributed by atoms with Gasteiger partial charge in [-0.05, 0) is 56.3 Å². The molecule has 0 aromatic heterocycles. The highest BCUT2D eigenvalue weighted by Crippen LogP contribution is 2.23. The number of carboxylic acid groups (broad SMARTS) is 1. The Morgan fingerprint density at radius 2 is 1.76 bits per heavy atom. The van der Waals surface area contributed by atoms with Crippen molar-refractivity contribution < 1.29 is 19.4 Å². The molecule has 2 aromatic carbocycles. The standard InChI is InChI=1S/C18H17Cl2NO4/c1-18(2,17(23)24)25-13-6-4-12(5-7-13)21-10-16(22)14-8-3-11(19)9-15(14)20/h3-9,21H,10H2,1-2H3,(H,23,24). The van der Waals surface area contributed by atoms with Crippen LogP contribution < -0.4 is 10.1 Å². The molecule has 0 saturated heterocycles. The first-order valence-corrected chi connectivity index (χ1v) is 8.19. The maximum Gasteiger partial charge on any atom is 0.347 e. The largest absolute Gasteiger partial charge is 0.478 e. The summed E-state index contributed by atoms with van der Waals surface area (Å²) in [6.07, 6.45) is 0. The number of carbonyl (C=O) groups is 2. The van der Waals surface area contributed by atoms with Crippen molar-refractivity contribution in [2.45, 2.75) is 19.4 Å². The van der Waals surface area contributed by atoms with Crippen molar-refractivity contribution >= 4 is 40.6 Å². The summed E-state index contributed by atoms with van der Waals surface area (Å²) in [6.45, 7) is 2.99. The van der Waals surface area contributed by atoms with Gasteiger partial charge in [0.25, 0.3) is 0 Å². The van der Waals surface area contributed by atoms with Gasteiger partial charge in [0.2, 0.25) is 0 Å². The van der Waals surface area contributed by atoms with Gasteiger partial charge >= 0.3 is 5.97 Å². The van der Waals surface area contributed by atoms with Crippen LogP contribution in [0.3, 0.4) is 0 Å². The number of Topliss-reactive ketones (excluding diaryl/α,β-unsaturated/α-hetero) is 1. The van der Waals surface area contributed by atoms with Crippen LogP contribution in [0, 0.1) is 0 Å². The quantitative estimate of drug-likeness (QED) is 0.689. The van der Waals surface area contributed by atoms with E-state index in [1.165, 1.54) is 19.9 Å². The molecular formula is C18H17Cl2NO4. The van der Waals surface area contributed by atoms with Crippen molar-refractivity contribution in [3.05, 3.63) is 58.1 Å². The molecule has 0 amide bonds. The van der Waals surface area contributed by atoms with Gasteiger partial charge in [0.05, 0.1) is 11.6 Å². The minimum absolute atomic E-state index is 0.0577. The first kappa shape index (κ1) is 19.1. The fourth-order valence-corrected chi connectivity index (χ4v) is 2.49. The second kappa shape index (κ2) is 7.76. The van der Waals surface area contributed by atoms with Crippen LogP contribution in [-0.4, -0.2) is 29.0 Å². The zero-order valence-corrected chi connectivity index (χ0v) is 15.2. The van der Waals surface area contributed by atoms with Crippen molar-refractivity contribution in [3.8, 4) is 5.75 Å². The van der Waals surface area contributed by atoms with Crippen molar-refractivity contribution in [1.29, 1.82) is 0 Å². The Bertz CT molecular complexity index is 788. The number of hydrogen-bond acceptors (Lipinski definition) is 4. The molecule has 0 atom stereocenters. The molecule has 0 aliphatic rings. The van der Waals surface area contributed by atoms with Gasteiger partial charge in [0.15, 0.2) is 11.4 Å². The summed E-state index contributed by atoms with van der Waals surface area (Å²) in [4.78, 5) is 23.3. The van der Waals surface area contributed by atoms with Crippen molar-refractivity contribution in [2.75, 3.05) is 11.9 Å². The van der Waals surface area contributed by atoms with Gasteiger partial charge in [-0.2, -0.15) is 0 Å². The fourth-order valence-electron chi connectivity index (χ4n) is 1.97. The van der Waals surface area contributed by atoms with E-state index in [4.69, 9.17) is 33.0 Å². The summed E-state index contributed by atoms with van der Waals surface area (Å²) in [7, 11) is 0. The molecule has 0 saturated carbocycles. The monoisotopic (exact) mass is 381 g/mol. The lowest BCUT2D eigenvalue weighted by Gasteiger charge is -2.21. The number of carbonyl (C=O) groups excluding carboxylic acids is 1. The van der Waals surface area contributed by atoms with Gasteiger partial charge in [-0.25, -0.2) is 4.79 Å². The number of carboxylic acids is 1. The maximum absolute atomic E-state index is 12.2. The molecule has 2 aromatic rings. The Balaban J connectivity index is 1.97. The number of nitrogens with one attached hydrogen (secondary N) is 1. The van der Waals surface area contributed by atoms with Gasteiger partial charge in [0.1, 0.15) is 5.75 Å². The van der Waals surface area contributed by atoms with Gasteiger partial charge in [-0.3, -0.25) is 4.79 Å². The van der Waals surface area contributed by atoms with Crippen LogP contribution in [0.4, 0.5) is 5.69 Å². The average Bonchev–Trinajstić information content (AvgIpc) is 2.53. The number of rotatable bonds is 7. The van der Waals surface area contributed by atoms with Crippen LogP contribution in [0.2, 0.25) is 10.0 Å². The second-order valence-electron chi connectivity index (χ2n) is 5.84. The summed E-state index contributed by atoms with van der Waals surface area (Å²) in [5.41, 5.74) is -0.239. The summed E-state index contributed by atoms with van der Waals surface area (Å²) < 4.78 is 5.42. The number of benzene rings is 2. The molecule has 2 N–H and O–H groups in total. The molecule has 7 heteroatoms. The van der Waals surface area contributed by atoms with E-state index in [1.807, 2.05) is 0 Å². The van der Waals surface area contributed by atoms with Gasteiger partial charge < -0.3 is 15.2 Å². The van der Waals surface area contributed by atoms with Crippen LogP contribution in [-0.2, 0) is 4.79 Å². The van der Waals surface area contributed by atoms with Crippen LogP contribution in [0.15, 0.2) is 42.5 Å². The van der Waals surface area contributed by atoms with Gasteiger partial charge in [0, 0.05) is 16.3 Å². The van der Waals surface area contributed by atoms with E-state index in [9.17, 15) is 9.59 Å². The van der Waals surface area contributed by atoms with E-state index in [-0.39, 0.29) is 12.3 Å². The van der Waals surface area contributed by atoms with E-state index in [1.54, 1.807) is 36.4 Å². The molecule has 0 radical (unpaired) electrons. The molecule has 0 spiro atoms. The van der Waals surface area contributed by atoms with Crippen LogP contribution in [0.25, 0.3) is 0 Å². The maximum atomic E-state index is 12.2. The third kappa shape index (κ3) is 5.11. The summed E-state index contributed by atoms with van der Waals surface area (Å²) in [5, 5.41) is 12.8. The average molecular weight is 382 g/mol. The smallest absolute Gasteiger partial charge is 0.347 e. The molecule has 0 unspecified atom stereocenters. The third-order valence-corrected chi connectivity index (χ3v) is 3.97. The van der Waals surface area contributed by atoms with E-state index < -0.39 is 11.6 Å². The summed E-state index contributed by atoms with van der Waals surface area (Å²) in [5.74, 6) is -0.806. The Kier molecular flexibility index (Phi) is 5.93. The highest BCUT2D eigenvalue weighted by Gasteiger charge is 2.29. The SMILES string of the molecule is CC(C)(Oc1ccc(NCC(=O)c2ccc(Cl)cc2Cl)cc1)C(=O)O. The number of hydrogen-bond donors (Lipinski definition) is 2. The summed E-state index contributed by atoms with van der Waals surface area (Å²) >= 11 is 11.8. The lowest BCUT2D eigenvalue weighted by atomic mass is 10.1. The Hall–Kier alpha value is -2.24. The molecule has 5 nitrogen and oxygen atoms in total. The summed E-state index contributed by atoms with van der Waals surface area (Å²) in [6, 6.07) is 11.4. The number of halogens is 2. The normalized spacial score (nSPS) is 11.0. The molecule has 0 bridgehead atoms. The Morgan fingerprint density at radius 3 is 2.32 bits per heavy atom. The third-order valence-electron chi connectivity index (χ3n) is 3.43. The zero-order chi connectivity index (χ0) is 18.6. The van der Waals surface area contributed by atoms with Crippen LogP contribution in [0.5, 0.6) is 5.75 Å². The molecular weight excluding hydrogens is 365 g/mol. The van der Waals surface area contributed by atoms with Crippen molar-refractivity contribution in [2.24, 2.45) is 0 Å². The molecule has 2 rings (SSSR count). The van der Waals surface area contributed by atoms with E-state index >= 15 is 0 Å². The molecule has 0 heterocycles. The van der Waals surface area contributed by atoms with Crippen LogP contribution >= 0.6 is 23.2 Å². The number of ketones is 1. The fraction of sp³-hybridized carbons (Fsp3) is 0.222. The topological polar surface area (TPSA) is 75.6 Å².